The molecule has 0 spiro atoms. The molecule has 5 nitrogen and oxygen atoms in total. The van der Waals surface area contributed by atoms with Gasteiger partial charge in [0.05, 0.1) is 24.9 Å². The average molecular weight is 239 g/mol. The Hall–Kier alpha value is -0.910. The lowest BCUT2D eigenvalue weighted by atomic mass is 10.1. The second-order valence-electron chi connectivity index (χ2n) is 5.16. The van der Waals surface area contributed by atoms with Gasteiger partial charge in [-0.2, -0.15) is 0 Å². The Balaban J connectivity index is 1.97. The molecule has 0 aliphatic carbocycles. The van der Waals surface area contributed by atoms with Gasteiger partial charge in [0.2, 0.25) is 0 Å². The van der Waals surface area contributed by atoms with Crippen LogP contribution < -0.4 is 0 Å². The van der Waals surface area contributed by atoms with Crippen LogP contribution in [0.3, 0.4) is 0 Å². The quantitative estimate of drug-likeness (QED) is 0.853. The lowest BCUT2D eigenvalue weighted by Crippen LogP contribution is -2.53. The van der Waals surface area contributed by atoms with Crippen molar-refractivity contribution < 1.29 is 9.47 Å². The fourth-order valence-electron chi connectivity index (χ4n) is 2.41. The summed E-state index contributed by atoms with van der Waals surface area (Å²) in [6.45, 7) is 7.50. The Labute approximate surface area is 102 Å². The van der Waals surface area contributed by atoms with Crippen molar-refractivity contribution in [1.29, 1.82) is 0 Å². The first-order valence-electron chi connectivity index (χ1n) is 5.96. The molecule has 0 aromatic carbocycles. The first-order valence-corrected chi connectivity index (χ1v) is 5.96. The molecule has 1 saturated heterocycles. The Morgan fingerprint density at radius 2 is 2.47 bits per heavy atom. The van der Waals surface area contributed by atoms with Crippen LogP contribution in [0.15, 0.2) is 12.4 Å². The van der Waals surface area contributed by atoms with E-state index >= 15 is 0 Å². The normalized spacial score (nSPS) is 25.0. The minimum Gasteiger partial charge on any atom is -0.382 e. The molecule has 2 heterocycles. The molecule has 96 valence electrons. The van der Waals surface area contributed by atoms with Gasteiger partial charge in [-0.25, -0.2) is 4.98 Å². The van der Waals surface area contributed by atoms with Gasteiger partial charge >= 0.3 is 0 Å². The van der Waals surface area contributed by atoms with E-state index in [2.05, 4.69) is 28.7 Å². The molecule has 0 radical (unpaired) electrons. The summed E-state index contributed by atoms with van der Waals surface area (Å²) in [4.78, 5) is 9.75. The molecule has 0 bridgehead atoms. The highest BCUT2D eigenvalue weighted by Gasteiger charge is 2.33. The van der Waals surface area contributed by atoms with E-state index in [1.807, 2.05) is 6.20 Å². The topological polar surface area (TPSA) is 50.4 Å². The Kier molecular flexibility index (Phi) is 3.81. The maximum Gasteiger partial charge on any atom is 0.120 e. The molecule has 1 aliphatic heterocycles. The first kappa shape index (κ1) is 12.5. The molecule has 1 unspecified atom stereocenters. The Morgan fingerprint density at radius 1 is 1.65 bits per heavy atom. The second-order valence-corrected chi connectivity index (χ2v) is 5.16. The minimum atomic E-state index is -0.131. The van der Waals surface area contributed by atoms with E-state index < -0.39 is 0 Å². The van der Waals surface area contributed by atoms with Gasteiger partial charge in [-0.05, 0) is 13.8 Å². The van der Waals surface area contributed by atoms with Crippen LogP contribution in [0, 0.1) is 0 Å². The molecule has 1 N–H and O–H groups in total. The van der Waals surface area contributed by atoms with Gasteiger partial charge in [0, 0.05) is 32.6 Å². The number of nitrogens with zero attached hydrogens (tertiary/aromatic N) is 2. The monoisotopic (exact) mass is 239 g/mol. The summed E-state index contributed by atoms with van der Waals surface area (Å²) in [5.41, 5.74) is -0.131. The largest absolute Gasteiger partial charge is 0.382 e. The Morgan fingerprint density at radius 3 is 3.12 bits per heavy atom. The zero-order valence-electron chi connectivity index (χ0n) is 10.8. The molecule has 1 aromatic heterocycles. The zero-order valence-corrected chi connectivity index (χ0v) is 10.8. The van der Waals surface area contributed by atoms with Crippen LogP contribution in [0.1, 0.15) is 19.7 Å². The number of imidazole rings is 1. The number of morpholine rings is 1. The second kappa shape index (κ2) is 5.16. The molecule has 1 aliphatic rings. The highest BCUT2D eigenvalue weighted by atomic mass is 16.5. The number of methoxy groups -OCH3 is 1. The van der Waals surface area contributed by atoms with Gasteiger partial charge < -0.3 is 14.5 Å². The van der Waals surface area contributed by atoms with E-state index in [1.165, 1.54) is 0 Å². The number of rotatable bonds is 4. The number of hydrogen-bond acceptors (Lipinski definition) is 4. The van der Waals surface area contributed by atoms with E-state index in [1.54, 1.807) is 13.3 Å². The summed E-state index contributed by atoms with van der Waals surface area (Å²) in [6.07, 6.45) is 3.78. The molecule has 5 heteroatoms. The number of H-pyrrole nitrogens is 1. The van der Waals surface area contributed by atoms with Crippen LogP contribution in [0.25, 0.3) is 0 Å². The highest BCUT2D eigenvalue weighted by Crippen LogP contribution is 2.22. The number of ether oxygens (including phenoxy) is 2. The smallest absolute Gasteiger partial charge is 0.120 e. The van der Waals surface area contributed by atoms with Crippen LogP contribution in [0.2, 0.25) is 0 Å². The van der Waals surface area contributed by atoms with Crippen LogP contribution in [-0.2, 0) is 16.0 Å². The number of aromatic amines is 1. The first-order chi connectivity index (χ1) is 8.09. The predicted octanol–water partition coefficient (Wildman–Crippen LogP) is 1.04. The Bertz CT molecular complexity index is 338. The maximum absolute atomic E-state index is 5.97. The highest BCUT2D eigenvalue weighted by molar-refractivity contribution is 4.91. The van der Waals surface area contributed by atoms with Crippen molar-refractivity contribution in [3.8, 4) is 0 Å². The van der Waals surface area contributed by atoms with Crippen LogP contribution in [0.4, 0.5) is 0 Å². The number of aromatic nitrogens is 2. The summed E-state index contributed by atoms with van der Waals surface area (Å²) in [5.74, 6) is 0.999. The van der Waals surface area contributed by atoms with E-state index in [0.717, 1.165) is 25.5 Å². The van der Waals surface area contributed by atoms with Crippen molar-refractivity contribution in [2.24, 2.45) is 0 Å². The fraction of sp³-hybridized carbons (Fsp3) is 0.750. The van der Waals surface area contributed by atoms with Gasteiger partial charge in [0.1, 0.15) is 5.82 Å². The number of hydrogen-bond donors (Lipinski definition) is 1. The maximum atomic E-state index is 5.97. The fourth-order valence-corrected chi connectivity index (χ4v) is 2.41. The summed E-state index contributed by atoms with van der Waals surface area (Å²) >= 11 is 0. The van der Waals surface area contributed by atoms with Gasteiger partial charge in [-0.3, -0.25) is 4.90 Å². The van der Waals surface area contributed by atoms with Crippen molar-refractivity contribution in [2.75, 3.05) is 26.8 Å². The van der Waals surface area contributed by atoms with Crippen molar-refractivity contribution in [3.05, 3.63) is 18.2 Å². The lowest BCUT2D eigenvalue weighted by Gasteiger charge is -2.42. The summed E-state index contributed by atoms with van der Waals surface area (Å²) in [6, 6.07) is 0. The number of nitrogens with one attached hydrogen (secondary N) is 1. The van der Waals surface area contributed by atoms with Gasteiger partial charge in [-0.1, -0.05) is 0 Å². The summed E-state index contributed by atoms with van der Waals surface area (Å²) < 4.78 is 11.1. The third-order valence-electron chi connectivity index (χ3n) is 2.83. The van der Waals surface area contributed by atoms with Crippen molar-refractivity contribution in [3.63, 3.8) is 0 Å². The third kappa shape index (κ3) is 3.52. The molecule has 17 heavy (non-hydrogen) atoms. The average Bonchev–Trinajstić information content (AvgIpc) is 2.68. The van der Waals surface area contributed by atoms with Crippen LogP contribution in [0.5, 0.6) is 0 Å². The zero-order chi connectivity index (χ0) is 12.3. The van der Waals surface area contributed by atoms with Gasteiger partial charge in [-0.15, -0.1) is 0 Å². The standard InChI is InChI=1S/C12H21N3O2/c1-12(2)9-15(6-10(17-12)8-16-3)7-11-13-4-5-14-11/h4-5,10H,6-9H2,1-3H3,(H,13,14). The molecular formula is C12H21N3O2. The SMILES string of the molecule is COCC1CN(Cc2ncc[nH]2)CC(C)(C)O1. The van der Waals surface area contributed by atoms with Gasteiger partial charge in [0.15, 0.2) is 0 Å². The molecule has 0 saturated carbocycles. The molecular weight excluding hydrogens is 218 g/mol. The lowest BCUT2D eigenvalue weighted by molar-refractivity contribution is -0.154. The molecule has 1 atom stereocenters. The van der Waals surface area contributed by atoms with Crippen molar-refractivity contribution in [1.82, 2.24) is 14.9 Å². The molecule has 0 amide bonds. The van der Waals surface area contributed by atoms with E-state index in [9.17, 15) is 0 Å². The van der Waals surface area contributed by atoms with Gasteiger partial charge in [0.25, 0.3) is 0 Å². The van der Waals surface area contributed by atoms with E-state index in [4.69, 9.17) is 9.47 Å². The van der Waals surface area contributed by atoms with E-state index in [0.29, 0.717) is 6.61 Å². The predicted molar refractivity (Wildman–Crippen MR) is 64.7 cm³/mol. The minimum absolute atomic E-state index is 0.131. The van der Waals surface area contributed by atoms with Crippen LogP contribution in [-0.4, -0.2) is 53.4 Å². The summed E-state index contributed by atoms with van der Waals surface area (Å²) in [5, 5.41) is 0. The molecule has 1 fully saturated rings. The van der Waals surface area contributed by atoms with E-state index in [-0.39, 0.29) is 11.7 Å². The summed E-state index contributed by atoms with van der Waals surface area (Å²) in [7, 11) is 1.71. The van der Waals surface area contributed by atoms with Crippen molar-refractivity contribution >= 4 is 0 Å². The van der Waals surface area contributed by atoms with Crippen LogP contribution >= 0.6 is 0 Å². The molecule has 1 aromatic rings. The van der Waals surface area contributed by atoms with Crippen molar-refractivity contribution in [2.45, 2.75) is 32.1 Å². The third-order valence-corrected chi connectivity index (χ3v) is 2.83. The molecule has 2 rings (SSSR count).